The van der Waals surface area contributed by atoms with Gasteiger partial charge in [0.05, 0.1) is 13.7 Å². The van der Waals surface area contributed by atoms with Crippen molar-refractivity contribution in [2.75, 3.05) is 13.7 Å². The highest BCUT2D eigenvalue weighted by molar-refractivity contribution is 5.94. The van der Waals surface area contributed by atoms with Crippen LogP contribution in [0.25, 0.3) is 11.5 Å². The molecule has 242 valence electrons. The number of carbonyl (C=O) groups is 2. The average molecular weight is 634 g/mol. The van der Waals surface area contributed by atoms with E-state index in [9.17, 15) is 18.4 Å². The van der Waals surface area contributed by atoms with E-state index in [1.165, 1.54) is 13.2 Å². The van der Waals surface area contributed by atoms with Crippen LogP contribution in [0.2, 0.25) is 0 Å². The summed E-state index contributed by atoms with van der Waals surface area (Å²) >= 11 is 0. The fourth-order valence-corrected chi connectivity index (χ4v) is 5.19. The Morgan fingerprint density at radius 2 is 1.76 bits per heavy atom. The number of halogens is 2. The van der Waals surface area contributed by atoms with E-state index in [1.807, 2.05) is 51.1 Å². The minimum Gasteiger partial charge on any atom is -0.493 e. The van der Waals surface area contributed by atoms with Gasteiger partial charge in [0.25, 0.3) is 5.91 Å². The van der Waals surface area contributed by atoms with E-state index in [2.05, 4.69) is 10.3 Å². The molecule has 0 aliphatic heterocycles. The summed E-state index contributed by atoms with van der Waals surface area (Å²) in [5, 5.41) is 2.65. The van der Waals surface area contributed by atoms with E-state index >= 15 is 0 Å². The molecule has 3 aromatic carbocycles. The molecule has 0 bridgehead atoms. The number of nitrogens with two attached hydrogens (primary N) is 1. The molecule has 1 saturated carbocycles. The fourth-order valence-electron chi connectivity index (χ4n) is 5.19. The Kier molecular flexibility index (Phi) is 9.32. The predicted octanol–water partition coefficient (Wildman–Crippen LogP) is 6.93. The van der Waals surface area contributed by atoms with E-state index in [0.29, 0.717) is 29.6 Å². The van der Waals surface area contributed by atoms with Crippen molar-refractivity contribution in [2.24, 2.45) is 17.1 Å². The molecular formula is C35H37F2N3O6. The van der Waals surface area contributed by atoms with Crippen LogP contribution in [0.4, 0.5) is 13.6 Å². The number of nitrogens with one attached hydrogen (secondary N) is 1. The Morgan fingerprint density at radius 3 is 2.39 bits per heavy atom. The Bertz CT molecular complexity index is 1720. The van der Waals surface area contributed by atoms with Crippen LogP contribution in [0.3, 0.4) is 0 Å². The number of aromatic nitrogens is 1. The number of carbonyl (C=O) groups excluding carboxylic acids is 2. The molecule has 5 rings (SSSR count). The first kappa shape index (κ1) is 32.5. The summed E-state index contributed by atoms with van der Waals surface area (Å²) in [5.74, 6) is -0.821. The number of primary amides is 1. The Balaban J connectivity index is 1.64. The smallest absolute Gasteiger partial charge is 0.405 e. The number of oxazole rings is 1. The molecule has 3 N–H and O–H groups in total. The highest BCUT2D eigenvalue weighted by Gasteiger charge is 2.53. The number of hydrogen-bond acceptors (Lipinski definition) is 7. The lowest BCUT2D eigenvalue weighted by Gasteiger charge is -2.42. The van der Waals surface area contributed by atoms with Gasteiger partial charge in [-0.15, -0.1) is 0 Å². The third kappa shape index (κ3) is 7.14. The number of hydrogen-bond donors (Lipinski definition) is 2. The van der Waals surface area contributed by atoms with Crippen LogP contribution in [0, 0.1) is 23.0 Å². The van der Waals surface area contributed by atoms with Gasteiger partial charge >= 0.3 is 6.09 Å². The van der Waals surface area contributed by atoms with Crippen LogP contribution in [0.15, 0.2) is 71.1 Å². The molecule has 4 aromatic rings. The van der Waals surface area contributed by atoms with Crippen LogP contribution in [0.5, 0.6) is 11.5 Å². The summed E-state index contributed by atoms with van der Waals surface area (Å²) in [6.07, 6.45) is 1.20. The molecule has 11 heteroatoms. The second-order valence-corrected chi connectivity index (χ2v) is 12.4. The van der Waals surface area contributed by atoms with E-state index in [0.717, 1.165) is 30.5 Å². The lowest BCUT2D eigenvalue weighted by atomic mass is 9.70. The van der Waals surface area contributed by atoms with Crippen molar-refractivity contribution in [2.45, 2.75) is 52.2 Å². The van der Waals surface area contributed by atoms with Crippen molar-refractivity contribution < 1.29 is 37.0 Å². The van der Waals surface area contributed by atoms with Gasteiger partial charge in [-0.05, 0) is 48.6 Å². The van der Waals surface area contributed by atoms with Crippen molar-refractivity contribution in [3.63, 3.8) is 0 Å². The third-order valence-corrected chi connectivity index (χ3v) is 8.03. The third-order valence-electron chi connectivity index (χ3n) is 8.03. The molecule has 2 amide bonds. The lowest BCUT2D eigenvalue weighted by Crippen LogP contribution is -2.48. The van der Waals surface area contributed by atoms with Crippen molar-refractivity contribution in [1.82, 2.24) is 10.3 Å². The van der Waals surface area contributed by atoms with Crippen LogP contribution < -0.4 is 20.5 Å². The molecule has 1 aliphatic rings. The van der Waals surface area contributed by atoms with Gasteiger partial charge in [0.1, 0.15) is 11.6 Å². The van der Waals surface area contributed by atoms with Gasteiger partial charge in [0, 0.05) is 35.6 Å². The maximum Gasteiger partial charge on any atom is 0.405 e. The van der Waals surface area contributed by atoms with Gasteiger partial charge in [-0.3, -0.25) is 4.79 Å². The summed E-state index contributed by atoms with van der Waals surface area (Å²) < 4.78 is 51.8. The molecule has 0 radical (unpaired) electrons. The van der Waals surface area contributed by atoms with Crippen LogP contribution in [0.1, 0.15) is 61.0 Å². The van der Waals surface area contributed by atoms with E-state index in [4.69, 9.17) is 24.4 Å². The molecule has 1 atom stereocenters. The van der Waals surface area contributed by atoms with Crippen LogP contribution >= 0.6 is 0 Å². The maximum absolute atomic E-state index is 14.4. The number of ether oxygens (including phenoxy) is 3. The zero-order valence-electron chi connectivity index (χ0n) is 26.2. The van der Waals surface area contributed by atoms with Gasteiger partial charge in [0.2, 0.25) is 5.89 Å². The average Bonchev–Trinajstić information content (AvgIpc) is 3.73. The normalized spacial score (nSPS) is 14.3. The molecule has 0 saturated heterocycles. The number of benzene rings is 3. The number of rotatable bonds is 12. The zero-order chi connectivity index (χ0) is 33.1. The van der Waals surface area contributed by atoms with Crippen LogP contribution in [-0.2, 0) is 23.3 Å². The van der Waals surface area contributed by atoms with Gasteiger partial charge in [-0.25, -0.2) is 18.6 Å². The van der Waals surface area contributed by atoms with E-state index < -0.39 is 34.7 Å². The number of methoxy groups -OCH3 is 1. The predicted molar refractivity (Wildman–Crippen MR) is 166 cm³/mol. The van der Waals surface area contributed by atoms with E-state index in [-0.39, 0.29) is 35.9 Å². The number of nitrogens with zero attached hydrogens (tertiary/aromatic N) is 1. The van der Waals surface area contributed by atoms with Gasteiger partial charge in [0.15, 0.2) is 28.6 Å². The minimum absolute atomic E-state index is 0.0433. The van der Waals surface area contributed by atoms with Gasteiger partial charge in [-0.2, -0.15) is 0 Å². The van der Waals surface area contributed by atoms with Gasteiger partial charge < -0.3 is 29.7 Å². The molecule has 9 nitrogen and oxygen atoms in total. The first-order valence-electron chi connectivity index (χ1n) is 15.0. The molecule has 1 heterocycles. The molecule has 1 unspecified atom stereocenters. The Labute approximate surface area is 266 Å². The van der Waals surface area contributed by atoms with Crippen molar-refractivity contribution >= 4 is 12.0 Å². The van der Waals surface area contributed by atoms with Crippen molar-refractivity contribution in [1.29, 1.82) is 0 Å². The largest absolute Gasteiger partial charge is 0.493 e. The molecular weight excluding hydrogens is 596 g/mol. The summed E-state index contributed by atoms with van der Waals surface area (Å²) in [7, 11) is 1.54. The SMILES string of the molecule is COc1ccc(-c2nc(C(=O)NCc3ccc(F)cc3F)c(C(Cc3ccccc3)(OC(N)=O)C(C)(C)C)o2)cc1OCC1CC1. The molecule has 1 fully saturated rings. The molecule has 0 spiro atoms. The van der Waals surface area contributed by atoms with Gasteiger partial charge in [-0.1, -0.05) is 57.2 Å². The monoisotopic (exact) mass is 633 g/mol. The van der Waals surface area contributed by atoms with Crippen molar-refractivity contribution in [3.05, 3.63) is 101 Å². The minimum atomic E-state index is -1.63. The van der Waals surface area contributed by atoms with E-state index in [1.54, 1.807) is 18.2 Å². The summed E-state index contributed by atoms with van der Waals surface area (Å²) in [6.45, 7) is 5.74. The second-order valence-electron chi connectivity index (χ2n) is 12.4. The Morgan fingerprint density at radius 1 is 1.02 bits per heavy atom. The quantitative estimate of drug-likeness (QED) is 0.173. The molecule has 1 aromatic heterocycles. The first-order valence-corrected chi connectivity index (χ1v) is 15.0. The first-order chi connectivity index (χ1) is 21.9. The summed E-state index contributed by atoms with van der Waals surface area (Å²) in [6, 6.07) is 17.4. The number of amides is 2. The molecule has 46 heavy (non-hydrogen) atoms. The topological polar surface area (TPSA) is 126 Å². The van der Waals surface area contributed by atoms with Crippen LogP contribution in [-0.4, -0.2) is 30.7 Å². The summed E-state index contributed by atoms with van der Waals surface area (Å²) in [4.78, 5) is 31.0. The highest BCUT2D eigenvalue weighted by atomic mass is 19.1. The molecule has 1 aliphatic carbocycles. The zero-order valence-corrected chi connectivity index (χ0v) is 26.2. The fraction of sp³-hybridized carbons (Fsp3) is 0.343. The maximum atomic E-state index is 14.4. The Hall–Kier alpha value is -4.93. The van der Waals surface area contributed by atoms with Crippen molar-refractivity contribution in [3.8, 4) is 23.0 Å². The highest BCUT2D eigenvalue weighted by Crippen LogP contribution is 2.48. The standard InChI is InChI=1S/C35H37F2N3O6/c1-34(2,3)35(46-33(38)42,18-21-8-6-5-7-9-21)30-29(31(41)39-19-24-12-14-25(36)17-26(24)37)40-32(45-30)23-13-15-27(43-4)28(16-23)44-20-22-10-11-22/h5-9,12-17,22H,10-11,18-20H2,1-4H3,(H2,38,42)(H,39,41). The lowest BCUT2D eigenvalue weighted by molar-refractivity contribution is -0.0854. The summed E-state index contributed by atoms with van der Waals surface area (Å²) in [5.41, 5.74) is 4.25. The second kappa shape index (κ2) is 13.2.